The van der Waals surface area contributed by atoms with E-state index in [9.17, 15) is 4.79 Å². The van der Waals surface area contributed by atoms with E-state index in [4.69, 9.17) is 11.6 Å². The summed E-state index contributed by atoms with van der Waals surface area (Å²) >= 11 is 5.99. The molecule has 0 saturated heterocycles. The van der Waals surface area contributed by atoms with E-state index in [0.717, 1.165) is 23.3 Å². The molecule has 0 fully saturated rings. The van der Waals surface area contributed by atoms with Crippen molar-refractivity contribution in [3.05, 3.63) is 89.5 Å². The van der Waals surface area contributed by atoms with Crippen molar-refractivity contribution in [2.24, 2.45) is 0 Å². The summed E-state index contributed by atoms with van der Waals surface area (Å²) in [6.07, 6.45) is 12.2. The number of benzene rings is 1. The van der Waals surface area contributed by atoms with Gasteiger partial charge in [0.05, 0.1) is 6.33 Å². The molecule has 2 N–H and O–H groups in total. The number of nitrogens with zero attached hydrogens (tertiary/aromatic N) is 1. The minimum atomic E-state index is -0.0964. The van der Waals surface area contributed by atoms with Gasteiger partial charge in [0.25, 0.3) is 0 Å². The molecule has 1 heterocycles. The molecule has 4 nitrogen and oxygen atoms in total. The smallest absolute Gasteiger partial charge is 0.220 e. The Balaban J connectivity index is 2.01. The molecule has 5 heteroatoms. The number of rotatable bonds is 9. The van der Waals surface area contributed by atoms with Gasteiger partial charge in [0.1, 0.15) is 0 Å². The van der Waals surface area contributed by atoms with Crippen molar-refractivity contribution in [2.45, 2.75) is 25.7 Å². The number of aromatic amines is 1. The molecular weight excluding hydrogens is 346 g/mol. The molecule has 1 aromatic carbocycles. The quantitative estimate of drug-likeness (QED) is 0.635. The molecule has 0 saturated carbocycles. The van der Waals surface area contributed by atoms with Crippen molar-refractivity contribution < 1.29 is 4.79 Å². The van der Waals surface area contributed by atoms with Crippen LogP contribution < -0.4 is 5.32 Å². The summed E-state index contributed by atoms with van der Waals surface area (Å²) < 4.78 is 0. The van der Waals surface area contributed by atoms with Crippen molar-refractivity contribution >= 4 is 17.5 Å². The van der Waals surface area contributed by atoms with Gasteiger partial charge in [-0.15, -0.1) is 0 Å². The van der Waals surface area contributed by atoms with E-state index in [1.807, 2.05) is 55.5 Å². The number of hydrogen-bond acceptors (Lipinski definition) is 2. The zero-order valence-corrected chi connectivity index (χ0v) is 15.7. The van der Waals surface area contributed by atoms with Gasteiger partial charge in [-0.05, 0) is 30.2 Å². The van der Waals surface area contributed by atoms with Crippen molar-refractivity contribution in [1.29, 1.82) is 0 Å². The Labute approximate surface area is 159 Å². The molecule has 0 spiro atoms. The third kappa shape index (κ3) is 6.37. The van der Waals surface area contributed by atoms with Crippen LogP contribution in [0.2, 0.25) is 5.02 Å². The molecule has 136 valence electrons. The normalized spacial score (nSPS) is 12.5. The van der Waals surface area contributed by atoms with E-state index >= 15 is 0 Å². The molecule has 2 rings (SSSR count). The van der Waals surface area contributed by atoms with Crippen LogP contribution in [0.4, 0.5) is 0 Å². The van der Waals surface area contributed by atoms with Crippen LogP contribution in [0.5, 0.6) is 0 Å². The van der Waals surface area contributed by atoms with Gasteiger partial charge in [-0.2, -0.15) is 0 Å². The van der Waals surface area contributed by atoms with Gasteiger partial charge >= 0.3 is 0 Å². The van der Waals surface area contributed by atoms with Crippen LogP contribution in [0, 0.1) is 0 Å². The predicted octanol–water partition coefficient (Wildman–Crippen LogP) is 4.58. The Bertz CT molecular complexity index is 761. The second kappa shape index (κ2) is 10.4. The molecular formula is C21H24ClN3O. The first-order valence-corrected chi connectivity index (χ1v) is 8.95. The second-order valence-electron chi connectivity index (χ2n) is 5.94. The maximum atomic E-state index is 12.4. The van der Waals surface area contributed by atoms with E-state index in [0.29, 0.717) is 18.0 Å². The maximum absolute atomic E-state index is 12.4. The Morgan fingerprint density at radius 1 is 1.35 bits per heavy atom. The third-order valence-corrected chi connectivity index (χ3v) is 4.25. The predicted molar refractivity (Wildman–Crippen MR) is 107 cm³/mol. The van der Waals surface area contributed by atoms with E-state index in [2.05, 4.69) is 21.9 Å². The van der Waals surface area contributed by atoms with Gasteiger partial charge in [0, 0.05) is 42.2 Å². The first kappa shape index (κ1) is 19.7. The SMILES string of the molecule is C=C(/C=C\C=C/C)C(CC(=O)NCCc1cnc[nH]1)c1ccc(Cl)cc1. The number of nitrogens with one attached hydrogen (secondary N) is 2. The van der Waals surface area contributed by atoms with Crippen LogP contribution in [0.25, 0.3) is 0 Å². The number of carbonyl (C=O) groups is 1. The third-order valence-electron chi connectivity index (χ3n) is 3.99. The van der Waals surface area contributed by atoms with Crippen molar-refractivity contribution in [2.75, 3.05) is 6.54 Å². The second-order valence-corrected chi connectivity index (χ2v) is 6.38. The Morgan fingerprint density at radius 2 is 2.12 bits per heavy atom. The van der Waals surface area contributed by atoms with E-state index in [1.165, 1.54) is 0 Å². The lowest BCUT2D eigenvalue weighted by molar-refractivity contribution is -0.121. The Kier molecular flexibility index (Phi) is 7.90. The van der Waals surface area contributed by atoms with Gasteiger partial charge in [0.2, 0.25) is 5.91 Å². The summed E-state index contributed by atoms with van der Waals surface area (Å²) in [5.41, 5.74) is 2.90. The molecule has 1 amide bonds. The van der Waals surface area contributed by atoms with E-state index in [1.54, 1.807) is 12.5 Å². The molecule has 1 aromatic heterocycles. The van der Waals surface area contributed by atoms with Crippen LogP contribution in [0.3, 0.4) is 0 Å². The van der Waals surface area contributed by atoms with Crippen molar-refractivity contribution in [3.63, 3.8) is 0 Å². The summed E-state index contributed by atoms with van der Waals surface area (Å²) in [7, 11) is 0. The Hall–Kier alpha value is -2.59. The summed E-state index contributed by atoms with van der Waals surface area (Å²) in [6.45, 7) is 6.67. The van der Waals surface area contributed by atoms with Crippen LogP contribution in [0.1, 0.15) is 30.5 Å². The number of halogens is 1. The first-order chi connectivity index (χ1) is 12.6. The maximum Gasteiger partial charge on any atom is 0.220 e. The summed E-state index contributed by atoms with van der Waals surface area (Å²) in [4.78, 5) is 19.4. The van der Waals surface area contributed by atoms with Crippen LogP contribution >= 0.6 is 11.6 Å². The molecule has 0 aliphatic heterocycles. The molecule has 0 radical (unpaired) electrons. The molecule has 1 atom stereocenters. The highest BCUT2D eigenvalue weighted by Gasteiger charge is 2.18. The molecule has 1 unspecified atom stereocenters. The summed E-state index contributed by atoms with van der Waals surface area (Å²) in [6, 6.07) is 7.56. The van der Waals surface area contributed by atoms with Crippen LogP contribution in [-0.4, -0.2) is 22.4 Å². The zero-order chi connectivity index (χ0) is 18.8. The van der Waals surface area contributed by atoms with Crippen LogP contribution in [0.15, 0.2) is 73.2 Å². The molecule has 0 bridgehead atoms. The topological polar surface area (TPSA) is 57.8 Å². The summed E-state index contributed by atoms with van der Waals surface area (Å²) in [5, 5.41) is 3.64. The minimum absolute atomic E-state index is 0.00921. The fourth-order valence-electron chi connectivity index (χ4n) is 2.58. The van der Waals surface area contributed by atoms with Gasteiger partial charge in [-0.25, -0.2) is 4.98 Å². The highest BCUT2D eigenvalue weighted by atomic mass is 35.5. The van der Waals surface area contributed by atoms with Crippen molar-refractivity contribution in [1.82, 2.24) is 15.3 Å². The van der Waals surface area contributed by atoms with E-state index < -0.39 is 0 Å². The van der Waals surface area contributed by atoms with Gasteiger partial charge < -0.3 is 10.3 Å². The standard InChI is InChI=1S/C21H24ClN3O/c1-3-4-5-6-16(2)20(17-7-9-18(22)10-8-17)13-21(26)24-12-11-19-14-23-15-25-19/h3-10,14-15,20H,2,11-13H2,1H3,(H,23,25)(H,24,26)/b4-3-,6-5-. The van der Waals surface area contributed by atoms with E-state index in [-0.39, 0.29) is 11.8 Å². The molecule has 2 aromatic rings. The highest BCUT2D eigenvalue weighted by Crippen LogP contribution is 2.28. The van der Waals surface area contributed by atoms with Gasteiger partial charge in [-0.1, -0.05) is 54.6 Å². The fraction of sp³-hybridized carbons (Fsp3) is 0.238. The largest absolute Gasteiger partial charge is 0.356 e. The number of aromatic nitrogens is 2. The van der Waals surface area contributed by atoms with Crippen LogP contribution in [-0.2, 0) is 11.2 Å². The average Bonchev–Trinajstić information content (AvgIpc) is 3.14. The van der Waals surface area contributed by atoms with Crippen molar-refractivity contribution in [3.8, 4) is 0 Å². The number of hydrogen-bond donors (Lipinski definition) is 2. The monoisotopic (exact) mass is 369 g/mol. The first-order valence-electron chi connectivity index (χ1n) is 8.57. The highest BCUT2D eigenvalue weighted by molar-refractivity contribution is 6.30. The average molecular weight is 370 g/mol. The number of amides is 1. The van der Waals surface area contributed by atoms with Gasteiger partial charge in [0.15, 0.2) is 0 Å². The lowest BCUT2D eigenvalue weighted by Crippen LogP contribution is -2.27. The molecule has 0 aliphatic carbocycles. The number of allylic oxidation sites excluding steroid dienone is 5. The minimum Gasteiger partial charge on any atom is -0.356 e. The number of H-pyrrole nitrogens is 1. The fourth-order valence-corrected chi connectivity index (χ4v) is 2.71. The summed E-state index contributed by atoms with van der Waals surface area (Å²) in [5.74, 6) is -0.106. The zero-order valence-electron chi connectivity index (χ0n) is 14.9. The number of imidazole rings is 1. The Morgan fingerprint density at radius 3 is 2.77 bits per heavy atom. The lowest BCUT2D eigenvalue weighted by Gasteiger charge is -2.18. The number of carbonyl (C=O) groups excluding carboxylic acids is 1. The lowest BCUT2D eigenvalue weighted by atomic mass is 9.88. The van der Waals surface area contributed by atoms with Gasteiger partial charge in [-0.3, -0.25) is 4.79 Å². The molecule has 26 heavy (non-hydrogen) atoms. The molecule has 0 aliphatic rings.